The summed E-state index contributed by atoms with van der Waals surface area (Å²) in [6.07, 6.45) is 10.0. The van der Waals surface area contributed by atoms with Crippen molar-refractivity contribution in [3.8, 4) is 0 Å². The third-order valence-corrected chi connectivity index (χ3v) is 3.89. The molecule has 1 heterocycles. The number of rotatable bonds is 4. The third kappa shape index (κ3) is 3.52. The van der Waals surface area contributed by atoms with E-state index in [0.29, 0.717) is 5.92 Å². The topological polar surface area (TPSA) is 37.8 Å². The maximum Gasteiger partial charge on any atom is 0.131 e. The largest absolute Gasteiger partial charge is 0.313 e. The molecule has 1 fully saturated rings. The molecule has 0 atom stereocenters. The van der Waals surface area contributed by atoms with E-state index < -0.39 is 0 Å². The first-order valence-corrected chi connectivity index (χ1v) is 7.34. The van der Waals surface area contributed by atoms with Gasteiger partial charge in [-0.25, -0.2) is 9.97 Å². The Bertz CT molecular complexity index is 368. The Morgan fingerprint density at radius 2 is 1.94 bits per heavy atom. The molecule has 1 aliphatic carbocycles. The zero-order valence-electron chi connectivity index (χ0n) is 11.7. The van der Waals surface area contributed by atoms with Crippen LogP contribution in [-0.2, 0) is 6.54 Å². The van der Waals surface area contributed by atoms with E-state index in [2.05, 4.69) is 24.1 Å². The summed E-state index contributed by atoms with van der Waals surface area (Å²) in [7, 11) is 0. The molecule has 0 amide bonds. The Hall–Kier alpha value is -0.960. The van der Waals surface area contributed by atoms with Gasteiger partial charge in [0.15, 0.2) is 0 Å². The second-order valence-electron chi connectivity index (χ2n) is 5.31. The van der Waals surface area contributed by atoms with Crippen LogP contribution in [0.15, 0.2) is 6.20 Å². The summed E-state index contributed by atoms with van der Waals surface area (Å²) in [6.45, 7) is 6.10. The smallest absolute Gasteiger partial charge is 0.131 e. The molecule has 3 nitrogen and oxygen atoms in total. The number of nitrogens with zero attached hydrogens (tertiary/aromatic N) is 2. The predicted molar refractivity (Wildman–Crippen MR) is 74.6 cm³/mol. The number of nitrogens with one attached hydrogen (secondary N) is 1. The molecule has 0 bridgehead atoms. The molecule has 0 spiro atoms. The first kappa shape index (κ1) is 13.5. The highest BCUT2D eigenvalue weighted by Crippen LogP contribution is 2.29. The van der Waals surface area contributed by atoms with Crippen LogP contribution in [0.4, 0.5) is 0 Å². The average Bonchev–Trinajstić information content (AvgIpc) is 2.66. The van der Waals surface area contributed by atoms with E-state index in [1.54, 1.807) is 0 Å². The lowest BCUT2D eigenvalue weighted by molar-refractivity contribution is 0.556. The van der Waals surface area contributed by atoms with E-state index >= 15 is 0 Å². The first-order chi connectivity index (χ1) is 8.81. The van der Waals surface area contributed by atoms with Gasteiger partial charge in [0.2, 0.25) is 0 Å². The van der Waals surface area contributed by atoms with Crippen molar-refractivity contribution < 1.29 is 0 Å². The highest BCUT2D eigenvalue weighted by molar-refractivity contribution is 5.17. The molecular formula is C15H25N3. The molecule has 0 aliphatic heterocycles. The zero-order valence-corrected chi connectivity index (χ0v) is 11.7. The number of aromatic nitrogens is 2. The minimum Gasteiger partial charge on any atom is -0.313 e. The fourth-order valence-corrected chi connectivity index (χ4v) is 2.68. The molecule has 2 rings (SSSR count). The SMILES string of the molecule is CCNCc1cnc(C2CCCCCC2)nc1C. The number of aryl methyl sites for hydroxylation is 1. The van der Waals surface area contributed by atoms with Crippen LogP contribution in [0, 0.1) is 6.92 Å². The van der Waals surface area contributed by atoms with E-state index in [4.69, 9.17) is 4.98 Å². The summed E-state index contributed by atoms with van der Waals surface area (Å²) in [6, 6.07) is 0. The quantitative estimate of drug-likeness (QED) is 0.829. The predicted octanol–water partition coefficient (Wildman–Crippen LogP) is 3.33. The van der Waals surface area contributed by atoms with Crippen molar-refractivity contribution in [3.63, 3.8) is 0 Å². The standard InChI is InChI=1S/C15H25N3/c1-3-16-10-14-11-17-15(18-12(14)2)13-8-6-4-5-7-9-13/h11,13,16H,3-10H2,1-2H3. The zero-order chi connectivity index (χ0) is 12.8. The molecular weight excluding hydrogens is 222 g/mol. The van der Waals surface area contributed by atoms with E-state index in [9.17, 15) is 0 Å². The van der Waals surface area contributed by atoms with Crippen molar-refractivity contribution in [1.82, 2.24) is 15.3 Å². The minimum absolute atomic E-state index is 0.597. The van der Waals surface area contributed by atoms with Gasteiger partial charge in [0, 0.05) is 29.9 Å². The molecule has 18 heavy (non-hydrogen) atoms. The molecule has 1 N–H and O–H groups in total. The van der Waals surface area contributed by atoms with E-state index in [1.807, 2.05) is 6.20 Å². The maximum absolute atomic E-state index is 4.74. The first-order valence-electron chi connectivity index (χ1n) is 7.34. The van der Waals surface area contributed by atoms with Crippen molar-refractivity contribution in [2.75, 3.05) is 6.54 Å². The van der Waals surface area contributed by atoms with Gasteiger partial charge in [-0.05, 0) is 26.3 Å². The van der Waals surface area contributed by atoms with Gasteiger partial charge in [-0.2, -0.15) is 0 Å². The molecule has 1 saturated carbocycles. The second-order valence-corrected chi connectivity index (χ2v) is 5.31. The van der Waals surface area contributed by atoms with Crippen LogP contribution in [0.3, 0.4) is 0 Å². The van der Waals surface area contributed by atoms with Gasteiger partial charge in [-0.3, -0.25) is 0 Å². The van der Waals surface area contributed by atoms with Gasteiger partial charge in [-0.1, -0.05) is 32.6 Å². The van der Waals surface area contributed by atoms with Crippen LogP contribution in [0.25, 0.3) is 0 Å². The summed E-state index contributed by atoms with van der Waals surface area (Å²) in [5.41, 5.74) is 2.37. The second kappa shape index (κ2) is 6.83. The van der Waals surface area contributed by atoms with Crippen LogP contribution in [0.1, 0.15) is 68.4 Å². The van der Waals surface area contributed by atoms with Crippen molar-refractivity contribution in [3.05, 3.63) is 23.3 Å². The molecule has 1 aromatic heterocycles. The lowest BCUT2D eigenvalue weighted by Crippen LogP contribution is -2.15. The number of hydrogen-bond donors (Lipinski definition) is 1. The van der Waals surface area contributed by atoms with Gasteiger partial charge in [-0.15, -0.1) is 0 Å². The van der Waals surface area contributed by atoms with Gasteiger partial charge in [0.1, 0.15) is 5.82 Å². The molecule has 3 heteroatoms. The lowest BCUT2D eigenvalue weighted by Gasteiger charge is -2.14. The minimum atomic E-state index is 0.597. The van der Waals surface area contributed by atoms with Gasteiger partial charge < -0.3 is 5.32 Å². The van der Waals surface area contributed by atoms with Gasteiger partial charge >= 0.3 is 0 Å². The Labute approximate surface area is 110 Å². The van der Waals surface area contributed by atoms with Gasteiger partial charge in [0.05, 0.1) is 0 Å². The number of hydrogen-bond acceptors (Lipinski definition) is 3. The van der Waals surface area contributed by atoms with Crippen molar-refractivity contribution in [1.29, 1.82) is 0 Å². The summed E-state index contributed by atoms with van der Waals surface area (Å²) < 4.78 is 0. The van der Waals surface area contributed by atoms with Crippen LogP contribution >= 0.6 is 0 Å². The third-order valence-electron chi connectivity index (χ3n) is 3.89. The maximum atomic E-state index is 4.74. The fourth-order valence-electron chi connectivity index (χ4n) is 2.68. The normalized spacial score (nSPS) is 17.7. The molecule has 100 valence electrons. The lowest BCUT2D eigenvalue weighted by atomic mass is 9.99. The molecule has 0 radical (unpaired) electrons. The summed E-state index contributed by atoms with van der Waals surface area (Å²) in [5.74, 6) is 1.68. The van der Waals surface area contributed by atoms with Crippen molar-refractivity contribution in [2.45, 2.75) is 64.8 Å². The summed E-state index contributed by atoms with van der Waals surface area (Å²) in [4.78, 5) is 9.35. The fraction of sp³-hybridized carbons (Fsp3) is 0.733. The molecule has 1 aliphatic rings. The van der Waals surface area contributed by atoms with Crippen molar-refractivity contribution in [2.24, 2.45) is 0 Å². The monoisotopic (exact) mass is 247 g/mol. The highest BCUT2D eigenvalue weighted by atomic mass is 14.9. The van der Waals surface area contributed by atoms with Crippen LogP contribution in [-0.4, -0.2) is 16.5 Å². The Balaban J connectivity index is 2.06. The highest BCUT2D eigenvalue weighted by Gasteiger charge is 2.17. The Kier molecular flexibility index (Phi) is 5.12. The molecule has 0 unspecified atom stereocenters. The Morgan fingerprint density at radius 1 is 1.22 bits per heavy atom. The van der Waals surface area contributed by atoms with E-state index in [1.165, 1.54) is 44.1 Å². The van der Waals surface area contributed by atoms with Crippen molar-refractivity contribution >= 4 is 0 Å². The van der Waals surface area contributed by atoms with E-state index in [0.717, 1.165) is 24.6 Å². The van der Waals surface area contributed by atoms with Crippen LogP contribution < -0.4 is 5.32 Å². The summed E-state index contributed by atoms with van der Waals surface area (Å²) >= 11 is 0. The van der Waals surface area contributed by atoms with Gasteiger partial charge in [0.25, 0.3) is 0 Å². The summed E-state index contributed by atoms with van der Waals surface area (Å²) in [5, 5.41) is 3.33. The Morgan fingerprint density at radius 3 is 2.56 bits per heavy atom. The van der Waals surface area contributed by atoms with Crippen LogP contribution in [0.5, 0.6) is 0 Å². The van der Waals surface area contributed by atoms with E-state index in [-0.39, 0.29) is 0 Å². The average molecular weight is 247 g/mol. The molecule has 0 aromatic carbocycles. The molecule has 1 aromatic rings. The van der Waals surface area contributed by atoms with Crippen LogP contribution in [0.2, 0.25) is 0 Å². The molecule has 0 saturated heterocycles.